The van der Waals surface area contributed by atoms with Crippen molar-refractivity contribution >= 4 is 17.7 Å². The van der Waals surface area contributed by atoms with E-state index in [0.717, 1.165) is 12.8 Å². The van der Waals surface area contributed by atoms with Crippen molar-refractivity contribution in [3.05, 3.63) is 29.8 Å². The number of carbonyl (C=O) groups is 3. The summed E-state index contributed by atoms with van der Waals surface area (Å²) in [6, 6.07) is 6.14. The van der Waals surface area contributed by atoms with E-state index < -0.39 is 11.8 Å². The highest BCUT2D eigenvalue weighted by Gasteiger charge is 2.54. The molecule has 0 aromatic heterocycles. The van der Waals surface area contributed by atoms with Crippen molar-refractivity contribution in [3.63, 3.8) is 0 Å². The SMILES string of the molecule is COCCNC(=O)[C@@H]1COC2(CCN(C(=O)C3CC3)CC2)N1C(=O)c1cccc(OC)c1. The minimum atomic E-state index is -0.913. The first-order chi connectivity index (χ1) is 15.5. The highest BCUT2D eigenvalue weighted by Crippen LogP contribution is 2.40. The molecule has 3 fully saturated rings. The maximum Gasteiger partial charge on any atom is 0.257 e. The number of nitrogens with one attached hydrogen (secondary N) is 1. The summed E-state index contributed by atoms with van der Waals surface area (Å²) in [5, 5.41) is 2.83. The Bertz CT molecular complexity index is 863. The topological polar surface area (TPSA) is 97.4 Å². The van der Waals surface area contributed by atoms with Crippen LogP contribution in [0.5, 0.6) is 5.75 Å². The zero-order valence-corrected chi connectivity index (χ0v) is 18.7. The summed E-state index contributed by atoms with van der Waals surface area (Å²) >= 11 is 0. The second-order valence-corrected chi connectivity index (χ2v) is 8.56. The van der Waals surface area contributed by atoms with E-state index in [-0.39, 0.29) is 30.2 Å². The van der Waals surface area contributed by atoms with Gasteiger partial charge in [-0.2, -0.15) is 0 Å². The third-order valence-corrected chi connectivity index (χ3v) is 6.49. The van der Waals surface area contributed by atoms with Crippen molar-refractivity contribution in [2.45, 2.75) is 37.5 Å². The zero-order chi connectivity index (χ0) is 22.7. The van der Waals surface area contributed by atoms with Crippen LogP contribution in [0.1, 0.15) is 36.0 Å². The van der Waals surface area contributed by atoms with Gasteiger partial charge in [-0.1, -0.05) is 6.07 Å². The van der Waals surface area contributed by atoms with Gasteiger partial charge in [-0.05, 0) is 31.0 Å². The molecule has 3 aliphatic rings. The van der Waals surface area contributed by atoms with Crippen LogP contribution in [0.2, 0.25) is 0 Å². The number of carbonyl (C=O) groups excluding carboxylic acids is 3. The van der Waals surface area contributed by atoms with Crippen molar-refractivity contribution in [2.75, 3.05) is 47.1 Å². The Labute approximate surface area is 188 Å². The molecule has 2 aliphatic heterocycles. The summed E-state index contributed by atoms with van der Waals surface area (Å²) in [6.07, 6.45) is 2.87. The lowest BCUT2D eigenvalue weighted by Gasteiger charge is -2.44. The molecule has 2 saturated heterocycles. The Balaban J connectivity index is 1.56. The Hall–Kier alpha value is -2.65. The fraction of sp³-hybridized carbons (Fsp3) is 0.609. The van der Waals surface area contributed by atoms with Gasteiger partial charge in [0.05, 0.1) is 20.3 Å². The van der Waals surface area contributed by atoms with Crippen LogP contribution in [0.4, 0.5) is 0 Å². The number of nitrogens with zero attached hydrogens (tertiary/aromatic N) is 2. The molecule has 9 nitrogen and oxygen atoms in total. The summed E-state index contributed by atoms with van der Waals surface area (Å²) in [5.74, 6) is 0.359. The number of amides is 3. The average Bonchev–Trinajstić information content (AvgIpc) is 3.61. The minimum Gasteiger partial charge on any atom is -0.497 e. The Morgan fingerprint density at radius 2 is 1.94 bits per heavy atom. The second kappa shape index (κ2) is 9.46. The van der Waals surface area contributed by atoms with E-state index in [1.54, 1.807) is 43.4 Å². The van der Waals surface area contributed by atoms with Crippen LogP contribution in [0.3, 0.4) is 0 Å². The van der Waals surface area contributed by atoms with Crippen molar-refractivity contribution in [3.8, 4) is 5.75 Å². The molecule has 174 valence electrons. The largest absolute Gasteiger partial charge is 0.497 e. The Morgan fingerprint density at radius 3 is 2.59 bits per heavy atom. The molecule has 1 saturated carbocycles. The molecule has 9 heteroatoms. The molecule has 1 aromatic carbocycles. The predicted octanol–water partition coefficient (Wildman–Crippen LogP) is 1.03. The maximum atomic E-state index is 13.7. The van der Waals surface area contributed by atoms with Crippen molar-refractivity contribution in [1.29, 1.82) is 0 Å². The van der Waals surface area contributed by atoms with Crippen LogP contribution in [0.25, 0.3) is 0 Å². The third-order valence-electron chi connectivity index (χ3n) is 6.49. The number of benzene rings is 1. The Morgan fingerprint density at radius 1 is 1.19 bits per heavy atom. The van der Waals surface area contributed by atoms with Gasteiger partial charge in [0.1, 0.15) is 17.5 Å². The highest BCUT2D eigenvalue weighted by atomic mass is 16.5. The first-order valence-corrected chi connectivity index (χ1v) is 11.2. The fourth-order valence-electron chi connectivity index (χ4n) is 4.52. The van der Waals surface area contributed by atoms with E-state index in [4.69, 9.17) is 14.2 Å². The lowest BCUT2D eigenvalue weighted by atomic mass is 9.96. The van der Waals surface area contributed by atoms with E-state index in [1.165, 1.54) is 0 Å². The summed E-state index contributed by atoms with van der Waals surface area (Å²) < 4.78 is 16.5. The van der Waals surface area contributed by atoms with E-state index >= 15 is 0 Å². The number of rotatable bonds is 7. The van der Waals surface area contributed by atoms with Gasteiger partial charge in [-0.25, -0.2) is 0 Å². The van der Waals surface area contributed by atoms with Crippen LogP contribution < -0.4 is 10.1 Å². The summed E-state index contributed by atoms with van der Waals surface area (Å²) in [4.78, 5) is 42.6. The minimum absolute atomic E-state index is 0.116. The van der Waals surface area contributed by atoms with Gasteiger partial charge in [0, 0.05) is 51.1 Å². The Kier molecular flexibility index (Phi) is 6.66. The normalized spacial score (nSPS) is 22.1. The van der Waals surface area contributed by atoms with Crippen LogP contribution in [0, 0.1) is 5.92 Å². The molecule has 2 heterocycles. The monoisotopic (exact) mass is 445 g/mol. The van der Waals surface area contributed by atoms with Gasteiger partial charge in [-0.3, -0.25) is 19.3 Å². The van der Waals surface area contributed by atoms with Crippen LogP contribution in [-0.2, 0) is 19.1 Å². The molecule has 1 atom stereocenters. The number of likely N-dealkylation sites (tertiary alicyclic amines) is 1. The molecule has 1 aromatic rings. The van der Waals surface area contributed by atoms with E-state index in [9.17, 15) is 14.4 Å². The predicted molar refractivity (Wildman–Crippen MR) is 115 cm³/mol. The molecular formula is C23H31N3O6. The smallest absolute Gasteiger partial charge is 0.257 e. The molecule has 1 spiro atoms. The molecule has 4 rings (SSSR count). The quantitative estimate of drug-likeness (QED) is 0.630. The zero-order valence-electron chi connectivity index (χ0n) is 18.7. The first-order valence-electron chi connectivity index (χ1n) is 11.2. The molecule has 32 heavy (non-hydrogen) atoms. The third kappa shape index (κ3) is 4.45. The molecule has 0 bridgehead atoms. The number of hydrogen-bond donors (Lipinski definition) is 1. The summed E-state index contributed by atoms with van der Waals surface area (Å²) in [7, 11) is 3.11. The lowest BCUT2D eigenvalue weighted by Crippen LogP contribution is -2.60. The molecule has 0 unspecified atom stereocenters. The average molecular weight is 446 g/mol. The van der Waals surface area contributed by atoms with Gasteiger partial charge < -0.3 is 24.4 Å². The van der Waals surface area contributed by atoms with Gasteiger partial charge in [0.15, 0.2) is 0 Å². The van der Waals surface area contributed by atoms with Gasteiger partial charge >= 0.3 is 0 Å². The van der Waals surface area contributed by atoms with Crippen LogP contribution >= 0.6 is 0 Å². The van der Waals surface area contributed by atoms with Crippen LogP contribution in [-0.4, -0.2) is 86.4 Å². The maximum absolute atomic E-state index is 13.7. The summed E-state index contributed by atoms with van der Waals surface area (Å²) in [6.45, 7) is 1.87. The molecule has 0 radical (unpaired) electrons. The second-order valence-electron chi connectivity index (χ2n) is 8.56. The molecule has 1 aliphatic carbocycles. The van der Waals surface area contributed by atoms with E-state index in [2.05, 4.69) is 5.32 Å². The van der Waals surface area contributed by atoms with Crippen molar-refractivity contribution in [2.24, 2.45) is 5.92 Å². The van der Waals surface area contributed by atoms with Gasteiger partial charge in [0.2, 0.25) is 11.8 Å². The van der Waals surface area contributed by atoms with E-state index in [1.807, 2.05) is 4.90 Å². The highest BCUT2D eigenvalue weighted by molar-refractivity contribution is 5.98. The molecular weight excluding hydrogens is 414 g/mol. The lowest BCUT2D eigenvalue weighted by molar-refractivity contribution is -0.144. The number of piperidine rings is 1. The fourth-order valence-corrected chi connectivity index (χ4v) is 4.52. The van der Waals surface area contributed by atoms with E-state index in [0.29, 0.717) is 50.4 Å². The van der Waals surface area contributed by atoms with Crippen molar-refractivity contribution < 1.29 is 28.6 Å². The van der Waals surface area contributed by atoms with Gasteiger partial charge in [-0.15, -0.1) is 0 Å². The molecule has 1 N–H and O–H groups in total. The van der Waals surface area contributed by atoms with Gasteiger partial charge in [0.25, 0.3) is 5.91 Å². The van der Waals surface area contributed by atoms with Crippen molar-refractivity contribution in [1.82, 2.24) is 15.1 Å². The number of ether oxygens (including phenoxy) is 3. The first kappa shape index (κ1) is 22.5. The van der Waals surface area contributed by atoms with Crippen LogP contribution in [0.15, 0.2) is 24.3 Å². The standard InChI is InChI=1S/C23H31N3O6/c1-30-13-10-24-20(27)19-15-32-23(8-11-25(12-9-23)21(28)16-6-7-16)26(19)22(29)17-4-3-5-18(14-17)31-2/h3-5,14,16,19H,6-13,15H2,1-2H3,(H,24,27)/t19-/m0/s1. The number of hydrogen-bond acceptors (Lipinski definition) is 6. The summed E-state index contributed by atoms with van der Waals surface area (Å²) in [5.41, 5.74) is -0.482. The molecule has 3 amide bonds. The number of methoxy groups -OCH3 is 2.